The first-order chi connectivity index (χ1) is 6.57. The van der Waals surface area contributed by atoms with Gasteiger partial charge in [-0.3, -0.25) is 14.8 Å². The summed E-state index contributed by atoms with van der Waals surface area (Å²) in [5.74, 6) is 0. The lowest BCUT2D eigenvalue weighted by atomic mass is 10.3. The average molecular weight is 194 g/mol. The van der Waals surface area contributed by atoms with Gasteiger partial charge >= 0.3 is 5.69 Å². The molecule has 1 rings (SSSR count). The minimum Gasteiger partial charge on any atom is -0.261 e. The third kappa shape index (κ3) is 1.71. The molecule has 0 aliphatic heterocycles. The van der Waals surface area contributed by atoms with E-state index in [-0.39, 0.29) is 5.69 Å². The molecule has 1 heterocycles. The molecule has 0 radical (unpaired) electrons. The number of nitriles is 1. The summed E-state index contributed by atoms with van der Waals surface area (Å²) in [7, 11) is 0. The second kappa shape index (κ2) is 3.87. The van der Waals surface area contributed by atoms with Crippen molar-refractivity contribution in [3.8, 4) is 6.07 Å². The van der Waals surface area contributed by atoms with Gasteiger partial charge in [0.05, 0.1) is 24.0 Å². The largest absolute Gasteiger partial charge is 0.312 e. The molecule has 0 fully saturated rings. The Kier molecular flexibility index (Phi) is 2.82. The molecule has 0 saturated heterocycles. The molecule has 6 heteroatoms. The summed E-state index contributed by atoms with van der Waals surface area (Å²) >= 11 is 0. The summed E-state index contributed by atoms with van der Waals surface area (Å²) in [6, 6.07) is 1.97. The second-order valence-corrected chi connectivity index (χ2v) is 2.91. The van der Waals surface area contributed by atoms with Gasteiger partial charge in [0.2, 0.25) is 0 Å². The zero-order valence-corrected chi connectivity index (χ0v) is 8.02. The summed E-state index contributed by atoms with van der Waals surface area (Å²) < 4.78 is 1.50. The van der Waals surface area contributed by atoms with E-state index in [2.05, 4.69) is 5.10 Å². The van der Waals surface area contributed by atoms with Crippen LogP contribution in [-0.2, 0) is 6.54 Å². The highest BCUT2D eigenvalue weighted by Crippen LogP contribution is 2.21. The maximum atomic E-state index is 10.6. The Labute approximate surface area is 80.9 Å². The SMILES string of the molecule is Cc1nn(CCC#N)c(C)c1[N+](=O)[O-]. The van der Waals surface area contributed by atoms with Crippen LogP contribution in [0.15, 0.2) is 0 Å². The average Bonchev–Trinajstić information content (AvgIpc) is 2.38. The first kappa shape index (κ1) is 10.2. The molecule has 0 aliphatic carbocycles. The zero-order chi connectivity index (χ0) is 10.7. The Hall–Kier alpha value is -1.90. The maximum absolute atomic E-state index is 10.6. The van der Waals surface area contributed by atoms with Crippen molar-refractivity contribution in [3.63, 3.8) is 0 Å². The first-order valence-electron chi connectivity index (χ1n) is 4.13. The number of hydrogen-bond acceptors (Lipinski definition) is 4. The van der Waals surface area contributed by atoms with Gasteiger partial charge in [-0.05, 0) is 13.8 Å². The highest BCUT2D eigenvalue weighted by molar-refractivity contribution is 5.39. The molecule has 0 amide bonds. The van der Waals surface area contributed by atoms with E-state index in [4.69, 9.17) is 5.26 Å². The molecular formula is C8H10N4O2. The number of hydrogen-bond donors (Lipinski definition) is 0. The number of nitro groups is 1. The van der Waals surface area contributed by atoms with Crippen LogP contribution in [0.2, 0.25) is 0 Å². The standard InChI is InChI=1S/C8H10N4O2/c1-6-8(12(13)14)7(2)11(10-6)5-3-4-9/h3,5H2,1-2H3. The Morgan fingerprint density at radius 1 is 1.64 bits per heavy atom. The van der Waals surface area contributed by atoms with Crippen LogP contribution in [0.4, 0.5) is 5.69 Å². The first-order valence-corrected chi connectivity index (χ1v) is 4.13. The Balaban J connectivity index is 3.05. The third-order valence-corrected chi connectivity index (χ3v) is 1.96. The van der Waals surface area contributed by atoms with Crippen LogP contribution in [0, 0.1) is 35.3 Å². The topological polar surface area (TPSA) is 84.8 Å². The quantitative estimate of drug-likeness (QED) is 0.536. The Morgan fingerprint density at radius 2 is 2.29 bits per heavy atom. The molecule has 0 bridgehead atoms. The van der Waals surface area contributed by atoms with Gasteiger partial charge in [0.15, 0.2) is 0 Å². The molecular weight excluding hydrogens is 184 g/mol. The fourth-order valence-electron chi connectivity index (χ4n) is 1.33. The number of nitrogens with zero attached hydrogens (tertiary/aromatic N) is 4. The van der Waals surface area contributed by atoms with Crippen molar-refractivity contribution in [3.05, 3.63) is 21.5 Å². The summed E-state index contributed by atoms with van der Waals surface area (Å²) in [6.07, 6.45) is 0.305. The summed E-state index contributed by atoms with van der Waals surface area (Å²) in [4.78, 5) is 10.2. The molecule has 0 N–H and O–H groups in total. The van der Waals surface area contributed by atoms with Gasteiger partial charge < -0.3 is 0 Å². The molecule has 0 spiro atoms. The summed E-state index contributed by atoms with van der Waals surface area (Å²) in [5.41, 5.74) is 0.941. The summed E-state index contributed by atoms with van der Waals surface area (Å²) in [6.45, 7) is 3.63. The summed E-state index contributed by atoms with van der Waals surface area (Å²) in [5, 5.41) is 23.0. The van der Waals surface area contributed by atoms with E-state index in [1.807, 2.05) is 6.07 Å². The fraction of sp³-hybridized carbons (Fsp3) is 0.500. The van der Waals surface area contributed by atoms with Crippen LogP contribution >= 0.6 is 0 Å². The van der Waals surface area contributed by atoms with Crippen LogP contribution < -0.4 is 0 Å². The van der Waals surface area contributed by atoms with Crippen LogP contribution in [0.3, 0.4) is 0 Å². The van der Waals surface area contributed by atoms with E-state index in [1.54, 1.807) is 13.8 Å². The van der Waals surface area contributed by atoms with Crippen LogP contribution in [0.25, 0.3) is 0 Å². The van der Waals surface area contributed by atoms with Crippen molar-refractivity contribution in [1.29, 1.82) is 5.26 Å². The maximum Gasteiger partial charge on any atom is 0.312 e. The lowest BCUT2D eigenvalue weighted by Crippen LogP contribution is -2.02. The van der Waals surface area contributed by atoms with Crippen molar-refractivity contribution in [2.24, 2.45) is 0 Å². The predicted octanol–water partition coefficient (Wildman–Crippen LogP) is 1.32. The van der Waals surface area contributed by atoms with E-state index in [1.165, 1.54) is 4.68 Å². The van der Waals surface area contributed by atoms with Crippen molar-refractivity contribution < 1.29 is 4.92 Å². The highest BCUT2D eigenvalue weighted by Gasteiger charge is 2.21. The lowest BCUT2D eigenvalue weighted by Gasteiger charge is -1.97. The predicted molar refractivity (Wildman–Crippen MR) is 48.6 cm³/mol. The molecule has 0 aliphatic rings. The van der Waals surface area contributed by atoms with E-state index < -0.39 is 4.92 Å². The number of aryl methyl sites for hydroxylation is 2. The van der Waals surface area contributed by atoms with E-state index in [0.29, 0.717) is 24.4 Å². The molecule has 1 aromatic heterocycles. The molecule has 0 atom stereocenters. The van der Waals surface area contributed by atoms with Gasteiger partial charge in [0.25, 0.3) is 0 Å². The van der Waals surface area contributed by atoms with Crippen LogP contribution in [-0.4, -0.2) is 14.7 Å². The van der Waals surface area contributed by atoms with Crippen molar-refractivity contribution >= 4 is 5.69 Å². The van der Waals surface area contributed by atoms with Gasteiger partial charge in [-0.25, -0.2) is 0 Å². The van der Waals surface area contributed by atoms with Crippen molar-refractivity contribution in [2.75, 3.05) is 0 Å². The van der Waals surface area contributed by atoms with Crippen LogP contribution in [0.1, 0.15) is 17.8 Å². The van der Waals surface area contributed by atoms with E-state index in [9.17, 15) is 10.1 Å². The number of rotatable bonds is 3. The minimum atomic E-state index is -0.444. The van der Waals surface area contributed by atoms with E-state index >= 15 is 0 Å². The van der Waals surface area contributed by atoms with Gasteiger partial charge in [-0.1, -0.05) is 0 Å². The zero-order valence-electron chi connectivity index (χ0n) is 8.02. The minimum absolute atomic E-state index is 0.0444. The third-order valence-electron chi connectivity index (χ3n) is 1.96. The smallest absolute Gasteiger partial charge is 0.261 e. The molecule has 14 heavy (non-hydrogen) atoms. The normalized spacial score (nSPS) is 9.79. The van der Waals surface area contributed by atoms with Gasteiger partial charge in [0, 0.05) is 0 Å². The van der Waals surface area contributed by atoms with Crippen molar-refractivity contribution in [1.82, 2.24) is 9.78 Å². The Bertz CT molecular complexity index is 402. The highest BCUT2D eigenvalue weighted by atomic mass is 16.6. The molecule has 74 valence electrons. The molecule has 0 unspecified atom stereocenters. The fourth-order valence-corrected chi connectivity index (χ4v) is 1.33. The molecule has 6 nitrogen and oxygen atoms in total. The van der Waals surface area contributed by atoms with Crippen LogP contribution in [0.5, 0.6) is 0 Å². The molecule has 0 saturated carbocycles. The monoisotopic (exact) mass is 194 g/mol. The lowest BCUT2D eigenvalue weighted by molar-refractivity contribution is -0.386. The molecule has 1 aromatic rings. The van der Waals surface area contributed by atoms with Crippen molar-refractivity contribution in [2.45, 2.75) is 26.8 Å². The van der Waals surface area contributed by atoms with E-state index in [0.717, 1.165) is 0 Å². The molecule has 0 aromatic carbocycles. The van der Waals surface area contributed by atoms with Gasteiger partial charge in [-0.15, -0.1) is 0 Å². The Morgan fingerprint density at radius 3 is 2.71 bits per heavy atom. The number of aromatic nitrogens is 2. The van der Waals surface area contributed by atoms with Gasteiger partial charge in [0.1, 0.15) is 11.4 Å². The second-order valence-electron chi connectivity index (χ2n) is 2.91. The van der Waals surface area contributed by atoms with Gasteiger partial charge in [-0.2, -0.15) is 10.4 Å².